The molecule has 0 radical (unpaired) electrons. The Morgan fingerprint density at radius 3 is 2.29 bits per heavy atom. The van der Waals surface area contributed by atoms with Crippen molar-refractivity contribution < 1.29 is 0 Å². The maximum Gasteiger partial charge on any atom is 0.133 e. The van der Waals surface area contributed by atoms with Crippen LogP contribution >= 0.6 is 0 Å². The molecule has 1 unspecified atom stereocenters. The number of nitriles is 1. The summed E-state index contributed by atoms with van der Waals surface area (Å²) in [5, 5.41) is 12.9. The van der Waals surface area contributed by atoms with Gasteiger partial charge in [0.25, 0.3) is 0 Å². The molecule has 4 nitrogen and oxygen atoms in total. The fraction of sp³-hybridized carbons (Fsp3) is 0.588. The average molecular weight is 288 g/mol. The third-order valence-corrected chi connectivity index (χ3v) is 3.90. The molecule has 1 rings (SSSR count). The smallest absolute Gasteiger partial charge is 0.133 e. The lowest BCUT2D eigenvalue weighted by molar-refractivity contribution is 0.270. The molecule has 0 aliphatic rings. The standard InChI is InChI=1S/C17H28N4/c1-19-17(15-18,16-9-6-5-7-10-16)11-14-21(4)13-8-12-20(2)3/h5-7,9-10,19H,8,11-14H2,1-4H3. The first kappa shape index (κ1) is 17.6. The monoisotopic (exact) mass is 288 g/mol. The summed E-state index contributed by atoms with van der Waals surface area (Å²) in [5.41, 5.74) is 0.438. The Morgan fingerprint density at radius 2 is 1.76 bits per heavy atom. The van der Waals surface area contributed by atoms with Crippen molar-refractivity contribution in [2.75, 3.05) is 47.8 Å². The summed E-state index contributed by atoms with van der Waals surface area (Å²) in [7, 11) is 8.18. The molecule has 0 aromatic heterocycles. The Morgan fingerprint density at radius 1 is 1.10 bits per heavy atom. The van der Waals surface area contributed by atoms with Crippen molar-refractivity contribution in [2.45, 2.75) is 18.4 Å². The third kappa shape index (κ3) is 5.47. The summed E-state index contributed by atoms with van der Waals surface area (Å²) in [6.07, 6.45) is 1.93. The zero-order valence-corrected chi connectivity index (χ0v) is 13.8. The van der Waals surface area contributed by atoms with Crippen molar-refractivity contribution in [2.24, 2.45) is 0 Å². The zero-order chi connectivity index (χ0) is 15.7. The van der Waals surface area contributed by atoms with Crippen LogP contribution in [0.15, 0.2) is 30.3 Å². The highest BCUT2D eigenvalue weighted by Crippen LogP contribution is 2.24. The number of benzene rings is 1. The second-order valence-electron chi connectivity index (χ2n) is 5.84. The Labute approximate surface area is 129 Å². The molecule has 1 aromatic carbocycles. The van der Waals surface area contributed by atoms with Crippen molar-refractivity contribution >= 4 is 0 Å². The van der Waals surface area contributed by atoms with E-state index in [1.54, 1.807) is 0 Å². The van der Waals surface area contributed by atoms with Gasteiger partial charge in [-0.25, -0.2) is 0 Å². The van der Waals surface area contributed by atoms with Gasteiger partial charge in [0.05, 0.1) is 6.07 Å². The first-order chi connectivity index (χ1) is 10.0. The van der Waals surface area contributed by atoms with E-state index in [2.05, 4.69) is 42.3 Å². The van der Waals surface area contributed by atoms with Crippen LogP contribution in [0.5, 0.6) is 0 Å². The highest BCUT2D eigenvalue weighted by Gasteiger charge is 2.30. The molecular weight excluding hydrogens is 260 g/mol. The lowest BCUT2D eigenvalue weighted by atomic mass is 9.88. The summed E-state index contributed by atoms with van der Waals surface area (Å²) in [6.45, 7) is 3.05. The number of hydrogen-bond donors (Lipinski definition) is 1. The second kappa shape index (κ2) is 8.78. The maximum atomic E-state index is 9.65. The maximum absolute atomic E-state index is 9.65. The van der Waals surface area contributed by atoms with Crippen LogP contribution in [0, 0.1) is 11.3 Å². The molecular formula is C17H28N4. The highest BCUT2D eigenvalue weighted by molar-refractivity contribution is 5.31. The fourth-order valence-corrected chi connectivity index (χ4v) is 2.44. The van der Waals surface area contributed by atoms with Gasteiger partial charge in [-0.15, -0.1) is 0 Å². The normalized spacial score (nSPS) is 14.1. The van der Waals surface area contributed by atoms with Crippen molar-refractivity contribution in [3.05, 3.63) is 35.9 Å². The summed E-state index contributed by atoms with van der Waals surface area (Å²) in [4.78, 5) is 4.50. The minimum absolute atomic E-state index is 0.600. The number of nitrogens with one attached hydrogen (secondary N) is 1. The molecule has 0 fully saturated rings. The molecule has 1 N–H and O–H groups in total. The van der Waals surface area contributed by atoms with Crippen LogP contribution in [0.2, 0.25) is 0 Å². The van der Waals surface area contributed by atoms with Gasteiger partial charge in [-0.3, -0.25) is 5.32 Å². The molecule has 21 heavy (non-hydrogen) atoms. The van der Waals surface area contributed by atoms with E-state index in [0.29, 0.717) is 0 Å². The molecule has 0 bridgehead atoms. The first-order valence-electron chi connectivity index (χ1n) is 7.53. The van der Waals surface area contributed by atoms with E-state index in [4.69, 9.17) is 0 Å². The third-order valence-electron chi connectivity index (χ3n) is 3.90. The van der Waals surface area contributed by atoms with Gasteiger partial charge in [-0.05, 0) is 59.7 Å². The minimum Gasteiger partial charge on any atom is -0.309 e. The van der Waals surface area contributed by atoms with Crippen molar-refractivity contribution in [3.8, 4) is 6.07 Å². The molecule has 0 saturated heterocycles. The molecule has 0 saturated carbocycles. The second-order valence-corrected chi connectivity index (χ2v) is 5.84. The Kier molecular flexibility index (Phi) is 7.38. The van der Waals surface area contributed by atoms with Gasteiger partial charge >= 0.3 is 0 Å². The average Bonchev–Trinajstić information content (AvgIpc) is 2.49. The van der Waals surface area contributed by atoms with Gasteiger partial charge in [0.2, 0.25) is 0 Å². The van der Waals surface area contributed by atoms with Gasteiger partial charge in [0.1, 0.15) is 5.54 Å². The first-order valence-corrected chi connectivity index (χ1v) is 7.53. The van der Waals surface area contributed by atoms with Gasteiger partial charge < -0.3 is 9.80 Å². The van der Waals surface area contributed by atoms with E-state index in [1.165, 1.54) is 0 Å². The molecule has 1 atom stereocenters. The number of hydrogen-bond acceptors (Lipinski definition) is 4. The largest absolute Gasteiger partial charge is 0.309 e. The van der Waals surface area contributed by atoms with Crippen LogP contribution in [-0.4, -0.2) is 57.6 Å². The fourth-order valence-electron chi connectivity index (χ4n) is 2.44. The van der Waals surface area contributed by atoms with Crippen LogP contribution in [0.3, 0.4) is 0 Å². The van der Waals surface area contributed by atoms with E-state index in [-0.39, 0.29) is 0 Å². The summed E-state index contributed by atoms with van der Waals surface area (Å²) < 4.78 is 0. The summed E-state index contributed by atoms with van der Waals surface area (Å²) in [5.74, 6) is 0. The highest BCUT2D eigenvalue weighted by atomic mass is 15.1. The molecule has 116 valence electrons. The zero-order valence-electron chi connectivity index (χ0n) is 13.8. The Hall–Kier alpha value is -1.41. The molecule has 0 aliphatic heterocycles. The minimum atomic E-state index is -0.600. The molecule has 0 spiro atoms. The molecule has 0 aliphatic carbocycles. The molecule has 4 heteroatoms. The van der Waals surface area contributed by atoms with E-state index in [9.17, 15) is 5.26 Å². The lowest BCUT2D eigenvalue weighted by Gasteiger charge is -2.29. The lowest BCUT2D eigenvalue weighted by Crippen LogP contribution is -2.41. The van der Waals surface area contributed by atoms with E-state index >= 15 is 0 Å². The summed E-state index contributed by atoms with van der Waals surface area (Å²) >= 11 is 0. The topological polar surface area (TPSA) is 42.3 Å². The van der Waals surface area contributed by atoms with Gasteiger partial charge in [-0.1, -0.05) is 30.3 Å². The van der Waals surface area contributed by atoms with Crippen LogP contribution in [0.25, 0.3) is 0 Å². The van der Waals surface area contributed by atoms with Gasteiger partial charge in [0, 0.05) is 6.54 Å². The van der Waals surface area contributed by atoms with E-state index in [0.717, 1.165) is 38.0 Å². The van der Waals surface area contributed by atoms with Crippen molar-refractivity contribution in [1.82, 2.24) is 15.1 Å². The van der Waals surface area contributed by atoms with Crippen LogP contribution in [0.1, 0.15) is 18.4 Å². The predicted octanol–water partition coefficient (Wildman–Crippen LogP) is 1.90. The SMILES string of the molecule is CNC(C#N)(CCN(C)CCCN(C)C)c1ccccc1. The van der Waals surface area contributed by atoms with E-state index in [1.807, 2.05) is 37.4 Å². The number of rotatable bonds is 9. The molecule has 0 heterocycles. The van der Waals surface area contributed by atoms with Crippen LogP contribution in [-0.2, 0) is 5.54 Å². The van der Waals surface area contributed by atoms with Gasteiger partial charge in [-0.2, -0.15) is 5.26 Å². The molecule has 0 amide bonds. The van der Waals surface area contributed by atoms with Crippen molar-refractivity contribution in [3.63, 3.8) is 0 Å². The van der Waals surface area contributed by atoms with E-state index < -0.39 is 5.54 Å². The Balaban J connectivity index is 2.58. The van der Waals surface area contributed by atoms with Crippen LogP contribution in [0.4, 0.5) is 0 Å². The van der Waals surface area contributed by atoms with Crippen LogP contribution < -0.4 is 5.32 Å². The quantitative estimate of drug-likeness (QED) is 0.753. The summed E-state index contributed by atoms with van der Waals surface area (Å²) in [6, 6.07) is 12.5. The predicted molar refractivity (Wildman–Crippen MR) is 88.1 cm³/mol. The van der Waals surface area contributed by atoms with Gasteiger partial charge in [0.15, 0.2) is 0 Å². The number of nitrogens with zero attached hydrogens (tertiary/aromatic N) is 3. The van der Waals surface area contributed by atoms with Crippen molar-refractivity contribution in [1.29, 1.82) is 5.26 Å². The molecule has 1 aromatic rings. The Bertz CT molecular complexity index is 438.